The molecule has 3 heteroatoms. The number of rotatable bonds is 4. The molecule has 1 aliphatic carbocycles. The molecular formula is C15H30N2O. The molecule has 1 saturated heterocycles. The summed E-state index contributed by atoms with van der Waals surface area (Å²) in [4.78, 5) is 2.57. The molecule has 0 aromatic carbocycles. The Balaban J connectivity index is 1.83. The Labute approximate surface area is 112 Å². The second kappa shape index (κ2) is 6.88. The summed E-state index contributed by atoms with van der Waals surface area (Å²) in [5.74, 6) is 1.70. The normalized spacial score (nSPS) is 35.8. The van der Waals surface area contributed by atoms with Crippen molar-refractivity contribution in [2.75, 3.05) is 26.2 Å². The van der Waals surface area contributed by atoms with Crippen molar-refractivity contribution in [3.05, 3.63) is 0 Å². The molecule has 3 nitrogen and oxygen atoms in total. The summed E-state index contributed by atoms with van der Waals surface area (Å²) in [6.07, 6.45) is 5.98. The monoisotopic (exact) mass is 254 g/mol. The Morgan fingerprint density at radius 1 is 1.17 bits per heavy atom. The van der Waals surface area contributed by atoms with Gasteiger partial charge in [-0.25, -0.2) is 0 Å². The number of piperidine rings is 1. The predicted molar refractivity (Wildman–Crippen MR) is 75.7 cm³/mol. The molecule has 0 spiro atoms. The Bertz CT molecular complexity index is 239. The van der Waals surface area contributed by atoms with Crippen molar-refractivity contribution in [1.29, 1.82) is 0 Å². The molecule has 106 valence electrons. The maximum Gasteiger partial charge on any atom is 0.0564 e. The molecule has 3 atom stereocenters. The first-order chi connectivity index (χ1) is 8.69. The van der Waals surface area contributed by atoms with E-state index in [9.17, 15) is 5.11 Å². The van der Waals surface area contributed by atoms with Crippen LogP contribution in [0.4, 0.5) is 0 Å². The van der Waals surface area contributed by atoms with Gasteiger partial charge in [0.15, 0.2) is 0 Å². The summed E-state index contributed by atoms with van der Waals surface area (Å²) in [5.41, 5.74) is 0. The highest BCUT2D eigenvalue weighted by molar-refractivity contribution is 4.86. The van der Waals surface area contributed by atoms with Crippen molar-refractivity contribution in [1.82, 2.24) is 10.2 Å². The fourth-order valence-corrected chi connectivity index (χ4v) is 3.66. The van der Waals surface area contributed by atoms with Crippen LogP contribution in [0.2, 0.25) is 0 Å². The Morgan fingerprint density at radius 2 is 1.89 bits per heavy atom. The van der Waals surface area contributed by atoms with Gasteiger partial charge >= 0.3 is 0 Å². The topological polar surface area (TPSA) is 35.5 Å². The lowest BCUT2D eigenvalue weighted by Crippen LogP contribution is -2.47. The van der Waals surface area contributed by atoms with E-state index >= 15 is 0 Å². The zero-order valence-electron chi connectivity index (χ0n) is 12.1. The maximum atomic E-state index is 9.57. The number of nitrogens with zero attached hydrogens (tertiary/aromatic N) is 1. The highest BCUT2D eigenvalue weighted by Gasteiger charge is 2.30. The van der Waals surface area contributed by atoms with Gasteiger partial charge in [-0.15, -0.1) is 0 Å². The van der Waals surface area contributed by atoms with Crippen LogP contribution >= 0.6 is 0 Å². The lowest BCUT2D eigenvalue weighted by atomic mass is 9.78. The van der Waals surface area contributed by atoms with Gasteiger partial charge in [0.25, 0.3) is 0 Å². The summed E-state index contributed by atoms with van der Waals surface area (Å²) in [5, 5.41) is 13.2. The number of nitrogens with one attached hydrogen (secondary N) is 1. The smallest absolute Gasteiger partial charge is 0.0564 e. The zero-order valence-corrected chi connectivity index (χ0v) is 12.1. The summed E-state index contributed by atoms with van der Waals surface area (Å²) in [6.45, 7) is 9.11. The van der Waals surface area contributed by atoms with Gasteiger partial charge in [0, 0.05) is 25.7 Å². The minimum Gasteiger partial charge on any atom is -0.393 e. The molecule has 2 fully saturated rings. The largest absolute Gasteiger partial charge is 0.393 e. The highest BCUT2D eigenvalue weighted by Crippen LogP contribution is 2.30. The summed E-state index contributed by atoms with van der Waals surface area (Å²) < 4.78 is 0. The van der Waals surface area contributed by atoms with E-state index in [1.807, 2.05) is 0 Å². The highest BCUT2D eigenvalue weighted by atomic mass is 16.3. The standard InChI is InChI=1S/C15H30N2O/c1-3-16-15-5-4-12(2)10-13(15)11-17-8-6-14(18)7-9-17/h12-16,18H,3-11H2,1-2H3. The van der Waals surface area contributed by atoms with Crippen LogP contribution < -0.4 is 5.32 Å². The van der Waals surface area contributed by atoms with Gasteiger partial charge in [0.2, 0.25) is 0 Å². The van der Waals surface area contributed by atoms with Crippen LogP contribution in [0, 0.1) is 11.8 Å². The molecule has 18 heavy (non-hydrogen) atoms. The molecule has 0 aromatic heterocycles. The van der Waals surface area contributed by atoms with E-state index in [1.54, 1.807) is 0 Å². The van der Waals surface area contributed by atoms with Gasteiger partial charge in [-0.2, -0.15) is 0 Å². The molecule has 1 heterocycles. The third-order valence-electron chi connectivity index (χ3n) is 4.76. The van der Waals surface area contributed by atoms with Crippen molar-refractivity contribution in [3.8, 4) is 0 Å². The fourth-order valence-electron chi connectivity index (χ4n) is 3.66. The van der Waals surface area contributed by atoms with Crippen LogP contribution in [-0.4, -0.2) is 48.3 Å². The minimum absolute atomic E-state index is 0.0453. The molecular weight excluding hydrogens is 224 g/mol. The third kappa shape index (κ3) is 3.94. The van der Waals surface area contributed by atoms with Gasteiger partial charge < -0.3 is 15.3 Å². The van der Waals surface area contributed by atoms with Crippen LogP contribution in [-0.2, 0) is 0 Å². The van der Waals surface area contributed by atoms with Crippen molar-refractivity contribution < 1.29 is 5.11 Å². The lowest BCUT2D eigenvalue weighted by molar-refractivity contribution is 0.0621. The first-order valence-electron chi connectivity index (χ1n) is 7.82. The van der Waals surface area contributed by atoms with Crippen LogP contribution in [0.15, 0.2) is 0 Å². The summed E-state index contributed by atoms with van der Waals surface area (Å²) in [7, 11) is 0. The number of aliphatic hydroxyl groups excluding tert-OH is 1. The summed E-state index contributed by atoms with van der Waals surface area (Å²) in [6, 6.07) is 0.720. The van der Waals surface area contributed by atoms with Crippen LogP contribution in [0.1, 0.15) is 46.0 Å². The minimum atomic E-state index is -0.0453. The fraction of sp³-hybridized carbons (Fsp3) is 1.00. The number of likely N-dealkylation sites (tertiary alicyclic amines) is 1. The first kappa shape index (κ1) is 14.3. The number of aliphatic hydroxyl groups is 1. The van der Waals surface area contributed by atoms with Crippen LogP contribution in [0.25, 0.3) is 0 Å². The SMILES string of the molecule is CCNC1CCC(C)CC1CN1CCC(O)CC1. The molecule has 0 aromatic rings. The van der Waals surface area contributed by atoms with E-state index in [4.69, 9.17) is 0 Å². The molecule has 2 N–H and O–H groups in total. The molecule has 0 amide bonds. The van der Waals surface area contributed by atoms with E-state index in [2.05, 4.69) is 24.1 Å². The maximum absolute atomic E-state index is 9.57. The van der Waals surface area contributed by atoms with Crippen molar-refractivity contribution in [3.63, 3.8) is 0 Å². The molecule has 0 bridgehead atoms. The molecule has 1 saturated carbocycles. The number of hydrogen-bond acceptors (Lipinski definition) is 3. The molecule has 2 rings (SSSR count). The van der Waals surface area contributed by atoms with Gasteiger partial charge in [0.05, 0.1) is 6.10 Å². The Kier molecular flexibility index (Phi) is 5.46. The second-order valence-electron chi connectivity index (χ2n) is 6.37. The zero-order chi connectivity index (χ0) is 13.0. The molecule has 0 radical (unpaired) electrons. The molecule has 1 aliphatic heterocycles. The Morgan fingerprint density at radius 3 is 2.56 bits per heavy atom. The van der Waals surface area contributed by atoms with E-state index in [-0.39, 0.29) is 6.10 Å². The van der Waals surface area contributed by atoms with Gasteiger partial charge in [0.1, 0.15) is 0 Å². The van der Waals surface area contributed by atoms with Crippen LogP contribution in [0.3, 0.4) is 0 Å². The van der Waals surface area contributed by atoms with E-state index in [0.717, 1.165) is 50.4 Å². The molecule has 3 unspecified atom stereocenters. The average Bonchev–Trinajstić information content (AvgIpc) is 2.36. The first-order valence-corrected chi connectivity index (χ1v) is 7.82. The van der Waals surface area contributed by atoms with Crippen molar-refractivity contribution in [2.24, 2.45) is 11.8 Å². The van der Waals surface area contributed by atoms with E-state index in [1.165, 1.54) is 25.8 Å². The van der Waals surface area contributed by atoms with Crippen molar-refractivity contribution >= 4 is 0 Å². The predicted octanol–water partition coefficient (Wildman–Crippen LogP) is 1.86. The second-order valence-corrected chi connectivity index (χ2v) is 6.37. The summed E-state index contributed by atoms with van der Waals surface area (Å²) >= 11 is 0. The molecule has 2 aliphatic rings. The van der Waals surface area contributed by atoms with E-state index in [0.29, 0.717) is 0 Å². The van der Waals surface area contributed by atoms with Gasteiger partial charge in [-0.3, -0.25) is 0 Å². The van der Waals surface area contributed by atoms with E-state index < -0.39 is 0 Å². The van der Waals surface area contributed by atoms with Crippen LogP contribution in [0.5, 0.6) is 0 Å². The van der Waals surface area contributed by atoms with Gasteiger partial charge in [-0.05, 0) is 50.5 Å². The lowest BCUT2D eigenvalue weighted by Gasteiger charge is -2.40. The Hall–Kier alpha value is -0.120. The quantitative estimate of drug-likeness (QED) is 0.804. The van der Waals surface area contributed by atoms with Crippen molar-refractivity contribution in [2.45, 2.75) is 58.1 Å². The number of hydrogen-bond donors (Lipinski definition) is 2. The third-order valence-corrected chi connectivity index (χ3v) is 4.76. The van der Waals surface area contributed by atoms with Gasteiger partial charge in [-0.1, -0.05) is 13.8 Å². The average molecular weight is 254 g/mol.